The topological polar surface area (TPSA) is 61.4 Å². The second kappa shape index (κ2) is 7.95. The molecule has 0 radical (unpaired) electrons. The minimum Gasteiger partial charge on any atom is -0.317 e. The standard InChI is InChI=1S/C33H24N6/c1-33(2)23-12-4-6-16-29(23)38-20-22-21-11-3-5-15-28(21)39(30(22)31(33)38)32-36-26(24-13-7-9-17-34-24)19-27(37-32)25-14-8-10-18-35-25/h3-20H,1-2H3. The number of benzene rings is 2. The van der Waals surface area contributed by atoms with Gasteiger partial charge in [0, 0.05) is 40.5 Å². The van der Waals surface area contributed by atoms with Crippen molar-refractivity contribution in [3.63, 3.8) is 0 Å². The van der Waals surface area contributed by atoms with Gasteiger partial charge in [0.2, 0.25) is 5.95 Å². The number of pyridine rings is 2. The molecule has 0 aliphatic carbocycles. The molecule has 0 amide bonds. The molecule has 6 nitrogen and oxygen atoms in total. The van der Waals surface area contributed by atoms with E-state index >= 15 is 0 Å². The molecule has 0 spiro atoms. The van der Waals surface area contributed by atoms with E-state index in [0.29, 0.717) is 5.95 Å². The van der Waals surface area contributed by atoms with E-state index in [1.807, 2.05) is 42.5 Å². The highest BCUT2D eigenvalue weighted by atomic mass is 15.2. The highest BCUT2D eigenvalue weighted by Crippen LogP contribution is 2.49. The van der Waals surface area contributed by atoms with Gasteiger partial charge < -0.3 is 4.57 Å². The quantitative estimate of drug-likeness (QED) is 0.257. The molecule has 39 heavy (non-hydrogen) atoms. The van der Waals surface area contributed by atoms with E-state index in [0.717, 1.165) is 33.8 Å². The molecule has 186 valence electrons. The Balaban J connectivity index is 1.49. The summed E-state index contributed by atoms with van der Waals surface area (Å²) in [6.07, 6.45) is 5.86. The normalized spacial score (nSPS) is 13.6. The molecule has 6 heteroatoms. The zero-order valence-corrected chi connectivity index (χ0v) is 21.6. The first-order valence-corrected chi connectivity index (χ1v) is 13.1. The van der Waals surface area contributed by atoms with Gasteiger partial charge in [-0.25, -0.2) is 9.97 Å². The van der Waals surface area contributed by atoms with Crippen LogP contribution in [0.2, 0.25) is 0 Å². The fourth-order valence-electron chi connectivity index (χ4n) is 6.10. The van der Waals surface area contributed by atoms with Gasteiger partial charge in [0.05, 0.1) is 39.5 Å². The molecular weight excluding hydrogens is 480 g/mol. The monoisotopic (exact) mass is 504 g/mol. The Labute approximate surface area is 225 Å². The predicted molar refractivity (Wildman–Crippen MR) is 154 cm³/mol. The Kier molecular flexibility index (Phi) is 4.47. The fourth-order valence-corrected chi connectivity index (χ4v) is 6.10. The summed E-state index contributed by atoms with van der Waals surface area (Å²) in [5.74, 6) is 0.603. The molecule has 0 N–H and O–H groups in total. The summed E-state index contributed by atoms with van der Waals surface area (Å²) < 4.78 is 4.58. The summed E-state index contributed by atoms with van der Waals surface area (Å²) in [7, 11) is 0. The van der Waals surface area contributed by atoms with Gasteiger partial charge in [0.25, 0.3) is 0 Å². The number of para-hydroxylation sites is 2. The molecule has 8 rings (SSSR count). The van der Waals surface area contributed by atoms with E-state index in [9.17, 15) is 0 Å². The van der Waals surface area contributed by atoms with Crippen molar-refractivity contribution >= 4 is 21.8 Å². The van der Waals surface area contributed by atoms with Crippen molar-refractivity contribution in [2.24, 2.45) is 0 Å². The summed E-state index contributed by atoms with van der Waals surface area (Å²) in [6, 6.07) is 30.9. The highest BCUT2D eigenvalue weighted by Gasteiger charge is 2.39. The minimum atomic E-state index is -0.202. The van der Waals surface area contributed by atoms with E-state index in [4.69, 9.17) is 9.97 Å². The minimum absolute atomic E-state index is 0.202. The lowest BCUT2D eigenvalue weighted by Gasteiger charge is -2.20. The second-order valence-electron chi connectivity index (χ2n) is 10.5. The second-order valence-corrected chi connectivity index (χ2v) is 10.5. The summed E-state index contributed by atoms with van der Waals surface area (Å²) in [5.41, 5.74) is 8.87. The van der Waals surface area contributed by atoms with Gasteiger partial charge in [0.1, 0.15) is 0 Å². The van der Waals surface area contributed by atoms with Gasteiger partial charge in [-0.1, -0.05) is 62.4 Å². The van der Waals surface area contributed by atoms with Crippen LogP contribution in [-0.2, 0) is 5.41 Å². The van der Waals surface area contributed by atoms with Gasteiger partial charge in [0.15, 0.2) is 0 Å². The van der Waals surface area contributed by atoms with Crippen molar-refractivity contribution in [3.8, 4) is 34.4 Å². The van der Waals surface area contributed by atoms with E-state index in [-0.39, 0.29) is 5.41 Å². The van der Waals surface area contributed by atoms with Crippen LogP contribution in [0.3, 0.4) is 0 Å². The molecular formula is C33H24N6. The van der Waals surface area contributed by atoms with Gasteiger partial charge in [-0.3, -0.25) is 14.5 Å². The lowest BCUT2D eigenvalue weighted by molar-refractivity contribution is 0.645. The molecule has 1 aliphatic rings. The van der Waals surface area contributed by atoms with Crippen LogP contribution >= 0.6 is 0 Å². The van der Waals surface area contributed by atoms with E-state index < -0.39 is 0 Å². The zero-order valence-electron chi connectivity index (χ0n) is 21.6. The summed E-state index contributed by atoms with van der Waals surface area (Å²) in [6.45, 7) is 4.60. The summed E-state index contributed by atoms with van der Waals surface area (Å²) in [5, 5.41) is 2.36. The Morgan fingerprint density at radius 3 is 1.97 bits per heavy atom. The third-order valence-corrected chi connectivity index (χ3v) is 7.84. The smallest absolute Gasteiger partial charge is 0.235 e. The number of hydrogen-bond donors (Lipinski definition) is 0. The van der Waals surface area contributed by atoms with Gasteiger partial charge in [-0.2, -0.15) is 0 Å². The third kappa shape index (κ3) is 3.09. The maximum Gasteiger partial charge on any atom is 0.235 e. The van der Waals surface area contributed by atoms with Crippen LogP contribution in [0.15, 0.2) is 110 Å². The number of rotatable bonds is 3. The molecule has 0 atom stereocenters. The number of hydrogen-bond acceptors (Lipinski definition) is 4. The Morgan fingerprint density at radius 2 is 1.28 bits per heavy atom. The predicted octanol–water partition coefficient (Wildman–Crippen LogP) is 7.13. The number of aromatic nitrogens is 6. The van der Waals surface area contributed by atoms with Crippen molar-refractivity contribution in [1.29, 1.82) is 0 Å². The van der Waals surface area contributed by atoms with E-state index in [1.54, 1.807) is 12.4 Å². The van der Waals surface area contributed by atoms with Crippen LogP contribution in [0.25, 0.3) is 56.2 Å². The van der Waals surface area contributed by atoms with Crippen LogP contribution in [-0.4, -0.2) is 29.1 Å². The van der Waals surface area contributed by atoms with Gasteiger partial charge >= 0.3 is 0 Å². The maximum atomic E-state index is 5.13. The Morgan fingerprint density at radius 1 is 0.641 bits per heavy atom. The lowest BCUT2D eigenvalue weighted by Crippen LogP contribution is -2.17. The van der Waals surface area contributed by atoms with Crippen molar-refractivity contribution in [2.75, 3.05) is 0 Å². The van der Waals surface area contributed by atoms with Crippen LogP contribution in [0.1, 0.15) is 25.1 Å². The Bertz CT molecular complexity index is 1980. The summed E-state index contributed by atoms with van der Waals surface area (Å²) in [4.78, 5) is 19.5. The molecule has 0 saturated heterocycles. The molecule has 7 aromatic rings. The van der Waals surface area contributed by atoms with Crippen molar-refractivity contribution in [2.45, 2.75) is 19.3 Å². The van der Waals surface area contributed by atoms with Crippen molar-refractivity contribution in [3.05, 3.63) is 121 Å². The van der Waals surface area contributed by atoms with Gasteiger partial charge in [-0.05, 0) is 48.0 Å². The Hall–Kier alpha value is -5.10. The third-order valence-electron chi connectivity index (χ3n) is 7.84. The summed E-state index contributed by atoms with van der Waals surface area (Å²) >= 11 is 0. The molecule has 0 bridgehead atoms. The highest BCUT2D eigenvalue weighted by molar-refractivity contribution is 6.11. The molecule has 1 aliphatic heterocycles. The molecule has 0 unspecified atom stereocenters. The van der Waals surface area contributed by atoms with Gasteiger partial charge in [-0.15, -0.1) is 0 Å². The van der Waals surface area contributed by atoms with Crippen molar-refractivity contribution in [1.82, 2.24) is 29.1 Å². The fraction of sp³-hybridized carbons (Fsp3) is 0.0909. The first-order chi connectivity index (χ1) is 19.1. The van der Waals surface area contributed by atoms with Crippen LogP contribution in [0, 0.1) is 0 Å². The number of fused-ring (bicyclic) bond motifs is 7. The molecule has 6 heterocycles. The molecule has 5 aromatic heterocycles. The van der Waals surface area contributed by atoms with E-state index in [2.05, 4.69) is 87.7 Å². The first kappa shape index (κ1) is 21.9. The van der Waals surface area contributed by atoms with Crippen molar-refractivity contribution < 1.29 is 0 Å². The van der Waals surface area contributed by atoms with E-state index in [1.165, 1.54) is 27.7 Å². The molecule has 0 saturated carbocycles. The molecule has 0 fully saturated rings. The van der Waals surface area contributed by atoms with Crippen LogP contribution in [0.5, 0.6) is 0 Å². The number of nitrogens with zero attached hydrogens (tertiary/aromatic N) is 6. The zero-order chi connectivity index (χ0) is 26.1. The average molecular weight is 505 g/mol. The van der Waals surface area contributed by atoms with Crippen LogP contribution < -0.4 is 0 Å². The maximum absolute atomic E-state index is 5.13. The average Bonchev–Trinajstić information content (AvgIpc) is 3.59. The SMILES string of the molecule is CC1(C)c2ccccc2-n2cc3c4ccccc4n(-c4nc(-c5ccccn5)cc(-c5ccccn5)n4)c3c21. The lowest BCUT2D eigenvalue weighted by atomic mass is 9.83. The van der Waals surface area contributed by atoms with Crippen LogP contribution in [0.4, 0.5) is 0 Å². The first-order valence-electron chi connectivity index (χ1n) is 13.1. The largest absolute Gasteiger partial charge is 0.317 e. The molecule has 2 aromatic carbocycles.